The highest BCUT2D eigenvalue weighted by Gasteiger charge is 2.22. The molecule has 1 aliphatic rings. The van der Waals surface area contributed by atoms with Crippen LogP contribution in [-0.4, -0.2) is 48.3 Å². The second-order valence-corrected chi connectivity index (χ2v) is 7.95. The van der Waals surface area contributed by atoms with E-state index in [0.29, 0.717) is 17.8 Å². The van der Waals surface area contributed by atoms with Crippen molar-refractivity contribution >= 4 is 29.1 Å². The Morgan fingerprint density at radius 3 is 2.18 bits per heavy atom. The van der Waals surface area contributed by atoms with Crippen LogP contribution < -0.4 is 16.0 Å². The summed E-state index contributed by atoms with van der Waals surface area (Å²) in [5.41, 5.74) is 1.89. The van der Waals surface area contributed by atoms with Crippen LogP contribution >= 0.6 is 0 Å². The second kappa shape index (κ2) is 10.6. The number of para-hydroxylation sites is 1. The molecule has 8 heteroatoms. The minimum Gasteiger partial charge on any atom is -0.459 e. The number of piperidine rings is 1. The van der Waals surface area contributed by atoms with Gasteiger partial charge in [0.15, 0.2) is 5.76 Å². The number of nitrogens with one attached hydrogen (secondary N) is 3. The first-order chi connectivity index (χ1) is 16.1. The fraction of sp³-hybridized carbons (Fsp3) is 0.240. The first-order valence-corrected chi connectivity index (χ1v) is 10.9. The molecule has 8 nitrogen and oxygen atoms in total. The zero-order valence-electron chi connectivity index (χ0n) is 18.1. The molecular formula is C25H26N4O4. The molecule has 4 rings (SSSR count). The first kappa shape index (κ1) is 22.3. The van der Waals surface area contributed by atoms with E-state index in [-0.39, 0.29) is 29.5 Å². The molecule has 3 amide bonds. The molecule has 2 aromatic carbocycles. The first-order valence-electron chi connectivity index (χ1n) is 10.9. The molecule has 3 aromatic rings. The fourth-order valence-electron chi connectivity index (χ4n) is 3.73. The Balaban J connectivity index is 1.20. The van der Waals surface area contributed by atoms with Crippen LogP contribution in [0.3, 0.4) is 0 Å². The van der Waals surface area contributed by atoms with Crippen molar-refractivity contribution in [2.45, 2.75) is 18.9 Å². The number of nitrogens with zero attached hydrogens (tertiary/aromatic N) is 1. The molecule has 0 saturated carbocycles. The van der Waals surface area contributed by atoms with E-state index in [1.807, 2.05) is 30.3 Å². The molecule has 0 bridgehead atoms. The highest BCUT2D eigenvalue weighted by Crippen LogP contribution is 2.15. The van der Waals surface area contributed by atoms with Gasteiger partial charge in [0.2, 0.25) is 5.91 Å². The molecule has 2 heterocycles. The van der Waals surface area contributed by atoms with Crippen LogP contribution in [0.2, 0.25) is 0 Å². The number of carbonyl (C=O) groups excluding carboxylic acids is 3. The van der Waals surface area contributed by atoms with E-state index in [1.54, 1.807) is 36.4 Å². The number of anilines is 2. The van der Waals surface area contributed by atoms with E-state index in [4.69, 9.17) is 4.42 Å². The third-order valence-electron chi connectivity index (χ3n) is 5.50. The van der Waals surface area contributed by atoms with E-state index in [1.165, 1.54) is 6.26 Å². The second-order valence-electron chi connectivity index (χ2n) is 7.95. The monoisotopic (exact) mass is 446 g/mol. The van der Waals surface area contributed by atoms with Gasteiger partial charge in [0, 0.05) is 36.1 Å². The molecule has 0 unspecified atom stereocenters. The summed E-state index contributed by atoms with van der Waals surface area (Å²) in [5.74, 6) is -0.316. The number of hydrogen-bond acceptors (Lipinski definition) is 5. The Bertz CT molecular complexity index is 1070. The normalized spacial score (nSPS) is 14.4. The summed E-state index contributed by atoms with van der Waals surface area (Å²) in [7, 11) is 0. The standard InChI is InChI=1S/C25H26N4O4/c30-23(26-19-5-2-1-3-6-19)17-29-14-12-21(13-15-29)27-24(31)18-8-10-20(11-9-18)28-25(32)22-7-4-16-33-22/h1-11,16,21H,12-15,17H2,(H,26,30)(H,27,31)(H,28,32). The molecule has 0 atom stereocenters. The summed E-state index contributed by atoms with van der Waals surface area (Å²) in [6.45, 7) is 1.82. The van der Waals surface area contributed by atoms with Gasteiger partial charge in [0.05, 0.1) is 12.8 Å². The number of carbonyl (C=O) groups is 3. The van der Waals surface area contributed by atoms with Crippen LogP contribution in [0.15, 0.2) is 77.4 Å². The molecule has 0 aliphatic carbocycles. The van der Waals surface area contributed by atoms with E-state index >= 15 is 0 Å². The van der Waals surface area contributed by atoms with Gasteiger partial charge in [-0.1, -0.05) is 18.2 Å². The van der Waals surface area contributed by atoms with Gasteiger partial charge < -0.3 is 20.4 Å². The van der Waals surface area contributed by atoms with Crippen LogP contribution in [0.4, 0.5) is 11.4 Å². The Morgan fingerprint density at radius 2 is 1.52 bits per heavy atom. The third kappa shape index (κ3) is 6.30. The Morgan fingerprint density at radius 1 is 0.818 bits per heavy atom. The van der Waals surface area contributed by atoms with Crippen LogP contribution in [0.1, 0.15) is 33.8 Å². The molecule has 1 aliphatic heterocycles. The van der Waals surface area contributed by atoms with E-state index in [2.05, 4.69) is 20.9 Å². The molecule has 0 radical (unpaired) electrons. The molecule has 0 spiro atoms. The highest BCUT2D eigenvalue weighted by atomic mass is 16.3. The molecule has 3 N–H and O–H groups in total. The maximum absolute atomic E-state index is 12.6. The Labute approximate surface area is 192 Å². The number of benzene rings is 2. The van der Waals surface area contributed by atoms with Gasteiger partial charge in [0.1, 0.15) is 0 Å². The lowest BCUT2D eigenvalue weighted by Gasteiger charge is -2.31. The Hall–Kier alpha value is -3.91. The average Bonchev–Trinajstić information content (AvgIpc) is 3.37. The summed E-state index contributed by atoms with van der Waals surface area (Å²) >= 11 is 0. The lowest BCUT2D eigenvalue weighted by molar-refractivity contribution is -0.117. The largest absolute Gasteiger partial charge is 0.459 e. The summed E-state index contributed by atoms with van der Waals surface area (Å²) in [6.07, 6.45) is 3.00. The van der Waals surface area contributed by atoms with Gasteiger partial charge in [0.25, 0.3) is 11.8 Å². The summed E-state index contributed by atoms with van der Waals surface area (Å²) < 4.78 is 5.07. The third-order valence-corrected chi connectivity index (χ3v) is 5.50. The van der Waals surface area contributed by atoms with E-state index in [0.717, 1.165) is 31.6 Å². The summed E-state index contributed by atoms with van der Waals surface area (Å²) in [4.78, 5) is 39.0. The van der Waals surface area contributed by atoms with E-state index < -0.39 is 0 Å². The van der Waals surface area contributed by atoms with Crippen LogP contribution in [0.5, 0.6) is 0 Å². The van der Waals surface area contributed by atoms with Crippen LogP contribution in [0.25, 0.3) is 0 Å². The SMILES string of the molecule is O=C(CN1CCC(NC(=O)c2ccc(NC(=O)c3ccco3)cc2)CC1)Nc1ccccc1. The van der Waals surface area contributed by atoms with Crippen molar-refractivity contribution in [3.8, 4) is 0 Å². The quantitative estimate of drug-likeness (QED) is 0.516. The fourth-order valence-corrected chi connectivity index (χ4v) is 3.73. The zero-order chi connectivity index (χ0) is 23.0. The average molecular weight is 447 g/mol. The predicted molar refractivity (Wildman–Crippen MR) is 125 cm³/mol. The number of likely N-dealkylation sites (tertiary alicyclic amines) is 1. The number of amides is 3. The van der Waals surface area contributed by atoms with Gasteiger partial charge in [-0.2, -0.15) is 0 Å². The van der Waals surface area contributed by atoms with Gasteiger partial charge in [-0.25, -0.2) is 0 Å². The summed E-state index contributed by atoms with van der Waals surface area (Å²) in [5, 5.41) is 8.68. The van der Waals surface area contributed by atoms with Crippen molar-refractivity contribution in [3.63, 3.8) is 0 Å². The van der Waals surface area contributed by atoms with Gasteiger partial charge in [-0.3, -0.25) is 19.3 Å². The van der Waals surface area contributed by atoms with Crippen LogP contribution in [0, 0.1) is 0 Å². The maximum Gasteiger partial charge on any atom is 0.291 e. The Kier molecular flexibility index (Phi) is 7.16. The van der Waals surface area contributed by atoms with Crippen molar-refractivity contribution in [3.05, 3.63) is 84.3 Å². The number of rotatable bonds is 7. The van der Waals surface area contributed by atoms with Gasteiger partial charge in [-0.05, 0) is 61.4 Å². The van der Waals surface area contributed by atoms with Crippen molar-refractivity contribution in [2.75, 3.05) is 30.3 Å². The van der Waals surface area contributed by atoms with Gasteiger partial charge >= 0.3 is 0 Å². The zero-order valence-corrected chi connectivity index (χ0v) is 18.1. The van der Waals surface area contributed by atoms with Crippen LogP contribution in [-0.2, 0) is 4.79 Å². The summed E-state index contributed by atoms with van der Waals surface area (Å²) in [6, 6.07) is 19.4. The molecule has 1 aromatic heterocycles. The van der Waals surface area contributed by atoms with Crippen molar-refractivity contribution < 1.29 is 18.8 Å². The lowest BCUT2D eigenvalue weighted by Crippen LogP contribution is -2.46. The highest BCUT2D eigenvalue weighted by molar-refractivity contribution is 6.02. The van der Waals surface area contributed by atoms with Crippen molar-refractivity contribution in [2.24, 2.45) is 0 Å². The molecule has 1 saturated heterocycles. The molecular weight excluding hydrogens is 420 g/mol. The molecule has 33 heavy (non-hydrogen) atoms. The van der Waals surface area contributed by atoms with E-state index in [9.17, 15) is 14.4 Å². The molecule has 170 valence electrons. The smallest absolute Gasteiger partial charge is 0.291 e. The van der Waals surface area contributed by atoms with Gasteiger partial charge in [-0.15, -0.1) is 0 Å². The number of hydrogen-bond donors (Lipinski definition) is 3. The minimum absolute atomic E-state index is 0.0390. The topological polar surface area (TPSA) is 104 Å². The lowest BCUT2D eigenvalue weighted by atomic mass is 10.0. The predicted octanol–water partition coefficient (Wildman–Crippen LogP) is 3.36. The maximum atomic E-state index is 12.6. The minimum atomic E-state index is -0.346. The van der Waals surface area contributed by atoms with Crippen molar-refractivity contribution in [1.82, 2.24) is 10.2 Å². The molecule has 1 fully saturated rings. The van der Waals surface area contributed by atoms with Crippen molar-refractivity contribution in [1.29, 1.82) is 0 Å². The number of furan rings is 1.